The fourth-order valence-electron chi connectivity index (χ4n) is 2.38. The minimum Gasteiger partial charge on any atom is -0.352 e. The van der Waals surface area contributed by atoms with Gasteiger partial charge in [-0.2, -0.15) is 10.2 Å². The van der Waals surface area contributed by atoms with Gasteiger partial charge in [-0.25, -0.2) is 4.98 Å². The molecule has 0 unspecified atom stereocenters. The minimum atomic E-state index is 0.640. The number of rotatable bonds is 4. The SMILES string of the molecule is CN=C(NCc1c(C)nn(C)c1C)N(C)Cc1ncnn1C. The average Bonchev–Trinajstić information content (AvgIpc) is 2.97. The minimum absolute atomic E-state index is 0.640. The van der Waals surface area contributed by atoms with Gasteiger partial charge in [-0.15, -0.1) is 0 Å². The molecule has 2 heterocycles. The van der Waals surface area contributed by atoms with Crippen LogP contribution in [0, 0.1) is 13.8 Å². The smallest absolute Gasteiger partial charge is 0.194 e. The molecule has 0 aromatic carbocycles. The molecule has 8 nitrogen and oxygen atoms in total. The van der Waals surface area contributed by atoms with Crippen molar-refractivity contribution in [3.63, 3.8) is 0 Å². The molecule has 2 rings (SSSR count). The molecule has 0 aliphatic rings. The van der Waals surface area contributed by atoms with E-state index in [9.17, 15) is 0 Å². The molecule has 0 atom stereocenters. The lowest BCUT2D eigenvalue weighted by atomic mass is 10.2. The number of guanidine groups is 1. The van der Waals surface area contributed by atoms with Gasteiger partial charge in [0.2, 0.25) is 0 Å². The van der Waals surface area contributed by atoms with Gasteiger partial charge in [-0.1, -0.05) is 0 Å². The lowest BCUT2D eigenvalue weighted by Crippen LogP contribution is -2.38. The first-order valence-corrected chi connectivity index (χ1v) is 7.17. The van der Waals surface area contributed by atoms with Crippen molar-refractivity contribution in [3.05, 3.63) is 29.1 Å². The highest BCUT2D eigenvalue weighted by Gasteiger charge is 2.13. The number of aryl methyl sites for hydroxylation is 3. The van der Waals surface area contributed by atoms with E-state index in [2.05, 4.69) is 32.4 Å². The summed E-state index contributed by atoms with van der Waals surface area (Å²) in [6.07, 6.45) is 1.56. The lowest BCUT2D eigenvalue weighted by Gasteiger charge is -2.21. The van der Waals surface area contributed by atoms with Crippen molar-refractivity contribution in [3.8, 4) is 0 Å². The Hall–Kier alpha value is -2.38. The van der Waals surface area contributed by atoms with E-state index in [1.807, 2.05) is 37.6 Å². The van der Waals surface area contributed by atoms with Crippen LogP contribution in [0.3, 0.4) is 0 Å². The molecule has 2 aromatic heterocycles. The Labute approximate surface area is 130 Å². The summed E-state index contributed by atoms with van der Waals surface area (Å²) < 4.78 is 3.66. The van der Waals surface area contributed by atoms with Crippen molar-refractivity contribution >= 4 is 5.96 Å². The van der Waals surface area contributed by atoms with E-state index in [0.29, 0.717) is 13.1 Å². The normalized spacial score (nSPS) is 11.8. The summed E-state index contributed by atoms with van der Waals surface area (Å²) in [6.45, 7) is 5.43. The van der Waals surface area contributed by atoms with Crippen LogP contribution in [0.2, 0.25) is 0 Å². The van der Waals surface area contributed by atoms with Crippen LogP contribution in [0.15, 0.2) is 11.3 Å². The Balaban J connectivity index is 2.02. The second kappa shape index (κ2) is 6.59. The molecule has 0 amide bonds. The maximum absolute atomic E-state index is 4.43. The van der Waals surface area contributed by atoms with E-state index in [1.165, 1.54) is 5.56 Å². The Kier molecular flexibility index (Phi) is 4.79. The molecule has 1 N–H and O–H groups in total. The molecule has 0 spiro atoms. The summed E-state index contributed by atoms with van der Waals surface area (Å²) in [6, 6.07) is 0. The Morgan fingerprint density at radius 1 is 1.32 bits per heavy atom. The van der Waals surface area contributed by atoms with Crippen LogP contribution in [0.1, 0.15) is 22.8 Å². The van der Waals surface area contributed by atoms with Gasteiger partial charge in [0, 0.05) is 46.0 Å². The largest absolute Gasteiger partial charge is 0.352 e. The molecule has 8 heteroatoms. The van der Waals surface area contributed by atoms with Crippen molar-refractivity contribution in [1.29, 1.82) is 0 Å². The second-order valence-corrected chi connectivity index (χ2v) is 5.33. The quantitative estimate of drug-likeness (QED) is 0.652. The van der Waals surface area contributed by atoms with Crippen molar-refractivity contribution in [2.24, 2.45) is 19.1 Å². The van der Waals surface area contributed by atoms with Crippen molar-refractivity contribution in [1.82, 2.24) is 34.8 Å². The molecule has 0 aliphatic carbocycles. The first kappa shape index (κ1) is 16.0. The molecule has 0 bridgehead atoms. The molecular weight excluding hydrogens is 280 g/mol. The van der Waals surface area contributed by atoms with E-state index in [0.717, 1.165) is 23.2 Å². The summed E-state index contributed by atoms with van der Waals surface area (Å²) in [5.74, 6) is 1.70. The van der Waals surface area contributed by atoms with Gasteiger partial charge in [0.1, 0.15) is 12.2 Å². The molecule has 0 aliphatic heterocycles. The second-order valence-electron chi connectivity index (χ2n) is 5.33. The highest BCUT2D eigenvalue weighted by molar-refractivity contribution is 5.79. The fraction of sp³-hybridized carbons (Fsp3) is 0.571. The topological polar surface area (TPSA) is 76.2 Å². The maximum atomic E-state index is 4.43. The van der Waals surface area contributed by atoms with Crippen LogP contribution in [-0.4, -0.2) is 49.5 Å². The van der Waals surface area contributed by atoms with E-state index < -0.39 is 0 Å². The molecule has 0 saturated heterocycles. The van der Waals surface area contributed by atoms with Crippen LogP contribution in [0.25, 0.3) is 0 Å². The van der Waals surface area contributed by atoms with Gasteiger partial charge < -0.3 is 10.2 Å². The average molecular weight is 304 g/mol. The Morgan fingerprint density at radius 3 is 2.55 bits per heavy atom. The number of aromatic nitrogens is 5. The number of nitrogens with one attached hydrogen (secondary N) is 1. The summed E-state index contributed by atoms with van der Waals surface area (Å²) in [4.78, 5) is 10.6. The van der Waals surface area contributed by atoms with E-state index in [-0.39, 0.29) is 0 Å². The summed E-state index contributed by atoms with van der Waals surface area (Å²) in [5, 5.41) is 11.9. The zero-order chi connectivity index (χ0) is 16.3. The molecule has 0 saturated carbocycles. The predicted molar refractivity (Wildman–Crippen MR) is 85.4 cm³/mol. The first-order valence-electron chi connectivity index (χ1n) is 7.17. The third-order valence-electron chi connectivity index (χ3n) is 3.84. The van der Waals surface area contributed by atoms with Gasteiger partial charge in [-0.3, -0.25) is 14.4 Å². The number of nitrogens with zero attached hydrogens (tertiary/aromatic N) is 7. The standard InChI is InChI=1S/C14H24N8/c1-10-12(11(2)21(5)19-10)7-16-14(15-3)20(4)8-13-17-9-18-22(13)6/h9H,7-8H2,1-6H3,(H,15,16). The van der Waals surface area contributed by atoms with Gasteiger partial charge in [0.15, 0.2) is 5.96 Å². The van der Waals surface area contributed by atoms with E-state index >= 15 is 0 Å². The highest BCUT2D eigenvalue weighted by Crippen LogP contribution is 2.11. The Bertz CT molecular complexity index is 666. The summed E-state index contributed by atoms with van der Waals surface area (Å²) >= 11 is 0. The molecule has 0 fully saturated rings. The van der Waals surface area contributed by atoms with Gasteiger partial charge >= 0.3 is 0 Å². The van der Waals surface area contributed by atoms with E-state index in [4.69, 9.17) is 0 Å². The van der Waals surface area contributed by atoms with Crippen LogP contribution in [0.4, 0.5) is 0 Å². The maximum Gasteiger partial charge on any atom is 0.194 e. The van der Waals surface area contributed by atoms with Crippen molar-refractivity contribution < 1.29 is 0 Å². The number of aliphatic imine (C=N–C) groups is 1. The van der Waals surface area contributed by atoms with Crippen molar-refractivity contribution in [2.45, 2.75) is 26.9 Å². The molecule has 0 radical (unpaired) electrons. The fourth-order valence-corrected chi connectivity index (χ4v) is 2.38. The highest BCUT2D eigenvalue weighted by atomic mass is 15.4. The van der Waals surface area contributed by atoms with Gasteiger partial charge in [-0.05, 0) is 13.8 Å². The summed E-state index contributed by atoms with van der Waals surface area (Å²) in [7, 11) is 7.60. The van der Waals surface area contributed by atoms with Gasteiger partial charge in [0.05, 0.1) is 12.2 Å². The number of hydrogen-bond acceptors (Lipinski definition) is 4. The predicted octanol–water partition coefficient (Wildman–Crippen LogP) is 0.373. The van der Waals surface area contributed by atoms with E-state index in [1.54, 1.807) is 18.1 Å². The zero-order valence-corrected chi connectivity index (χ0v) is 14.1. The monoisotopic (exact) mass is 304 g/mol. The molecular formula is C14H24N8. The first-order chi connectivity index (χ1) is 10.4. The Morgan fingerprint density at radius 2 is 2.05 bits per heavy atom. The molecule has 22 heavy (non-hydrogen) atoms. The van der Waals surface area contributed by atoms with Crippen LogP contribution >= 0.6 is 0 Å². The summed E-state index contributed by atoms with van der Waals surface area (Å²) in [5.41, 5.74) is 3.41. The van der Waals surface area contributed by atoms with Crippen LogP contribution in [0.5, 0.6) is 0 Å². The van der Waals surface area contributed by atoms with Gasteiger partial charge in [0.25, 0.3) is 0 Å². The lowest BCUT2D eigenvalue weighted by molar-refractivity contribution is 0.448. The van der Waals surface area contributed by atoms with Crippen molar-refractivity contribution in [2.75, 3.05) is 14.1 Å². The third kappa shape index (κ3) is 3.26. The number of hydrogen-bond donors (Lipinski definition) is 1. The molecule has 120 valence electrons. The van der Waals surface area contributed by atoms with Crippen LogP contribution in [-0.2, 0) is 27.2 Å². The van der Waals surface area contributed by atoms with Crippen LogP contribution < -0.4 is 5.32 Å². The third-order valence-corrected chi connectivity index (χ3v) is 3.84. The zero-order valence-electron chi connectivity index (χ0n) is 14.1. The molecule has 2 aromatic rings.